The summed E-state index contributed by atoms with van der Waals surface area (Å²) in [6, 6.07) is 24.1. The SMILES string of the molecule is C[C@H](NC(=O)OCc1ccccc1)C(=O)Nc1ccc(C2SC(=Nc3cc(F)cc(C#N)c3)N(Cc3ccco3)C2=O)cc1. The zero-order chi connectivity index (χ0) is 31.1. The number of hydrogen-bond acceptors (Lipinski definition) is 8. The molecule has 1 saturated heterocycles. The van der Waals surface area contributed by atoms with E-state index in [1.165, 1.54) is 42.0 Å². The highest BCUT2D eigenvalue weighted by atomic mass is 32.2. The third-order valence-corrected chi connectivity index (χ3v) is 7.73. The summed E-state index contributed by atoms with van der Waals surface area (Å²) >= 11 is 1.18. The Labute approximate surface area is 256 Å². The number of hydrogen-bond donors (Lipinski definition) is 2. The molecule has 1 fully saturated rings. The first-order valence-corrected chi connectivity index (χ1v) is 14.3. The van der Waals surface area contributed by atoms with Gasteiger partial charge in [-0.25, -0.2) is 14.2 Å². The van der Waals surface area contributed by atoms with E-state index in [2.05, 4.69) is 15.6 Å². The van der Waals surface area contributed by atoms with E-state index in [1.807, 2.05) is 36.4 Å². The summed E-state index contributed by atoms with van der Waals surface area (Å²) in [7, 11) is 0. The Hall–Kier alpha value is -5.41. The number of thioether (sulfide) groups is 1. The summed E-state index contributed by atoms with van der Waals surface area (Å²) in [5.41, 5.74) is 2.25. The molecule has 44 heavy (non-hydrogen) atoms. The Bertz CT molecular complexity index is 1720. The highest BCUT2D eigenvalue weighted by molar-refractivity contribution is 8.15. The van der Waals surface area contributed by atoms with E-state index >= 15 is 0 Å². The fourth-order valence-electron chi connectivity index (χ4n) is 4.27. The van der Waals surface area contributed by atoms with Crippen molar-refractivity contribution in [3.63, 3.8) is 0 Å². The molecule has 1 aliphatic rings. The molecule has 12 heteroatoms. The van der Waals surface area contributed by atoms with E-state index in [0.29, 0.717) is 22.2 Å². The van der Waals surface area contributed by atoms with Crippen molar-refractivity contribution in [3.05, 3.63) is 119 Å². The van der Waals surface area contributed by atoms with Crippen LogP contribution in [0.4, 0.5) is 20.6 Å². The molecule has 0 saturated carbocycles. The Morgan fingerprint density at radius 1 is 1.11 bits per heavy atom. The van der Waals surface area contributed by atoms with Gasteiger partial charge in [-0.05, 0) is 60.5 Å². The Morgan fingerprint density at radius 2 is 1.89 bits per heavy atom. The van der Waals surface area contributed by atoms with E-state index in [-0.39, 0.29) is 30.3 Å². The van der Waals surface area contributed by atoms with Gasteiger partial charge < -0.3 is 19.8 Å². The van der Waals surface area contributed by atoms with Crippen LogP contribution in [0.3, 0.4) is 0 Å². The van der Waals surface area contributed by atoms with Gasteiger partial charge in [-0.2, -0.15) is 5.26 Å². The maximum atomic E-state index is 14.1. The molecule has 222 valence electrons. The number of furan rings is 1. The standard InChI is InChI=1S/C32H26FN5O5S/c1-20(35-32(41)43-19-21-6-3-2-4-7-21)29(39)36-25-11-9-23(10-12-25)28-30(40)38(18-27-8-5-13-42-27)31(44-28)37-26-15-22(17-34)14-24(33)16-26/h2-16,20,28H,18-19H2,1H3,(H,35,41)(H,36,39)/t20-,28?/m0/s1. The third kappa shape index (κ3) is 7.50. The molecule has 4 aromatic rings. The van der Waals surface area contributed by atoms with Crippen LogP contribution in [0.15, 0.2) is 101 Å². The highest BCUT2D eigenvalue weighted by Crippen LogP contribution is 2.41. The van der Waals surface area contributed by atoms with E-state index in [0.717, 1.165) is 11.6 Å². The lowest BCUT2D eigenvalue weighted by Gasteiger charge is -2.16. The van der Waals surface area contributed by atoms with Crippen molar-refractivity contribution in [2.75, 3.05) is 5.32 Å². The molecule has 3 aromatic carbocycles. The van der Waals surface area contributed by atoms with Gasteiger partial charge in [-0.15, -0.1) is 0 Å². The second kappa shape index (κ2) is 13.7. The minimum absolute atomic E-state index is 0.0783. The molecule has 1 unspecified atom stereocenters. The molecule has 10 nitrogen and oxygen atoms in total. The van der Waals surface area contributed by atoms with E-state index in [9.17, 15) is 24.0 Å². The Kier molecular flexibility index (Phi) is 9.37. The van der Waals surface area contributed by atoms with Crippen molar-refractivity contribution in [1.29, 1.82) is 5.26 Å². The summed E-state index contributed by atoms with van der Waals surface area (Å²) in [6.07, 6.45) is 0.780. The Balaban J connectivity index is 1.25. The highest BCUT2D eigenvalue weighted by Gasteiger charge is 2.39. The van der Waals surface area contributed by atoms with Gasteiger partial charge in [-0.1, -0.05) is 54.2 Å². The summed E-state index contributed by atoms with van der Waals surface area (Å²) in [5, 5.41) is 14.1. The minimum Gasteiger partial charge on any atom is -0.467 e. The van der Waals surface area contributed by atoms with Gasteiger partial charge in [0.1, 0.15) is 29.5 Å². The maximum Gasteiger partial charge on any atom is 0.408 e. The molecule has 0 spiro atoms. The zero-order valence-electron chi connectivity index (χ0n) is 23.4. The molecule has 1 aliphatic heterocycles. The van der Waals surface area contributed by atoms with Crippen molar-refractivity contribution >= 4 is 46.2 Å². The topological polar surface area (TPSA) is 137 Å². The molecule has 0 bridgehead atoms. The van der Waals surface area contributed by atoms with Crippen molar-refractivity contribution in [2.24, 2.45) is 4.99 Å². The number of nitriles is 1. The molecule has 2 atom stereocenters. The van der Waals surface area contributed by atoms with Crippen LogP contribution in [-0.4, -0.2) is 34.0 Å². The average Bonchev–Trinajstić information content (AvgIpc) is 3.65. The lowest BCUT2D eigenvalue weighted by atomic mass is 10.1. The third-order valence-electron chi connectivity index (χ3n) is 6.50. The fourth-order valence-corrected chi connectivity index (χ4v) is 5.44. The summed E-state index contributed by atoms with van der Waals surface area (Å²) in [6.45, 7) is 1.73. The first kappa shape index (κ1) is 30.1. The Morgan fingerprint density at radius 3 is 2.59 bits per heavy atom. The monoisotopic (exact) mass is 611 g/mol. The van der Waals surface area contributed by atoms with Crippen LogP contribution in [0, 0.1) is 17.1 Å². The molecular weight excluding hydrogens is 585 g/mol. The van der Waals surface area contributed by atoms with Crippen molar-refractivity contribution in [1.82, 2.24) is 10.2 Å². The number of nitrogens with zero attached hydrogens (tertiary/aromatic N) is 3. The predicted molar refractivity (Wildman–Crippen MR) is 162 cm³/mol. The summed E-state index contributed by atoms with van der Waals surface area (Å²) in [4.78, 5) is 44.3. The van der Waals surface area contributed by atoms with Gasteiger partial charge in [0.15, 0.2) is 5.17 Å². The van der Waals surface area contributed by atoms with Crippen LogP contribution in [0.1, 0.15) is 34.6 Å². The molecule has 2 heterocycles. The second-order valence-electron chi connectivity index (χ2n) is 9.74. The number of amides is 3. The van der Waals surface area contributed by atoms with Gasteiger partial charge in [0, 0.05) is 5.69 Å². The largest absolute Gasteiger partial charge is 0.467 e. The average molecular weight is 612 g/mol. The van der Waals surface area contributed by atoms with Crippen LogP contribution in [-0.2, 0) is 27.5 Å². The van der Waals surface area contributed by atoms with Crippen molar-refractivity contribution < 1.29 is 27.9 Å². The number of ether oxygens (including phenoxy) is 1. The quantitative estimate of drug-likeness (QED) is 0.235. The van der Waals surface area contributed by atoms with Crippen molar-refractivity contribution in [2.45, 2.75) is 31.4 Å². The summed E-state index contributed by atoms with van der Waals surface area (Å²) < 4.78 is 24.7. The van der Waals surface area contributed by atoms with E-state index in [1.54, 1.807) is 36.4 Å². The number of anilines is 1. The van der Waals surface area contributed by atoms with Crippen LogP contribution in [0.2, 0.25) is 0 Å². The lowest BCUT2D eigenvalue weighted by Crippen LogP contribution is -2.41. The van der Waals surface area contributed by atoms with Gasteiger partial charge in [0.05, 0.1) is 30.1 Å². The predicted octanol–water partition coefficient (Wildman–Crippen LogP) is 6.05. The molecular formula is C32H26FN5O5S. The van der Waals surface area contributed by atoms with E-state index < -0.39 is 29.1 Å². The number of benzene rings is 3. The maximum absolute atomic E-state index is 14.1. The smallest absolute Gasteiger partial charge is 0.408 e. The molecule has 2 N–H and O–H groups in total. The molecule has 3 amide bonds. The van der Waals surface area contributed by atoms with Crippen LogP contribution < -0.4 is 10.6 Å². The molecule has 0 radical (unpaired) electrons. The lowest BCUT2D eigenvalue weighted by molar-refractivity contribution is -0.126. The van der Waals surface area contributed by atoms with Gasteiger partial charge in [0.2, 0.25) is 11.8 Å². The second-order valence-corrected chi connectivity index (χ2v) is 10.8. The normalized spacial score (nSPS) is 15.9. The van der Waals surface area contributed by atoms with E-state index in [4.69, 9.17) is 9.15 Å². The fraction of sp³-hybridized carbons (Fsp3) is 0.156. The number of halogens is 1. The minimum atomic E-state index is -0.872. The van der Waals surface area contributed by atoms with Crippen LogP contribution >= 0.6 is 11.8 Å². The number of aliphatic imine (C=N–C) groups is 1. The van der Waals surface area contributed by atoms with Gasteiger partial charge in [-0.3, -0.25) is 14.5 Å². The zero-order valence-corrected chi connectivity index (χ0v) is 24.2. The molecule has 0 aliphatic carbocycles. The number of rotatable bonds is 9. The molecule has 5 rings (SSSR count). The number of amidine groups is 1. The van der Waals surface area contributed by atoms with Crippen LogP contribution in [0.25, 0.3) is 0 Å². The van der Waals surface area contributed by atoms with Crippen LogP contribution in [0.5, 0.6) is 0 Å². The summed E-state index contributed by atoms with van der Waals surface area (Å²) in [5.74, 6) is -0.788. The first-order valence-electron chi connectivity index (χ1n) is 13.5. The number of carbonyl (C=O) groups excluding carboxylic acids is 3. The number of alkyl carbamates (subject to hydrolysis) is 1. The number of nitrogens with one attached hydrogen (secondary N) is 2. The molecule has 1 aromatic heterocycles. The van der Waals surface area contributed by atoms with Gasteiger partial charge >= 0.3 is 6.09 Å². The van der Waals surface area contributed by atoms with Crippen molar-refractivity contribution in [3.8, 4) is 6.07 Å². The first-order chi connectivity index (χ1) is 21.3. The number of carbonyl (C=O) groups is 3. The van der Waals surface area contributed by atoms with Gasteiger partial charge in [0.25, 0.3) is 0 Å².